The van der Waals surface area contributed by atoms with Crippen molar-refractivity contribution in [2.75, 3.05) is 11.9 Å². The molecule has 0 fully saturated rings. The van der Waals surface area contributed by atoms with E-state index >= 15 is 0 Å². The van der Waals surface area contributed by atoms with Gasteiger partial charge in [0.05, 0.1) is 6.54 Å². The highest BCUT2D eigenvalue weighted by atomic mass is 35.5. The number of amides is 1. The molecule has 0 aliphatic rings. The van der Waals surface area contributed by atoms with Crippen molar-refractivity contribution in [2.45, 2.75) is 12.6 Å². The molecule has 3 aromatic rings. The molecular weight excluding hydrogens is 372 g/mol. The van der Waals surface area contributed by atoms with E-state index in [1.165, 1.54) is 0 Å². The van der Waals surface area contributed by atoms with E-state index in [-0.39, 0.29) is 11.7 Å². The normalized spacial score (nSPS) is 11.6. The molecule has 142 valence electrons. The third-order valence-electron chi connectivity index (χ3n) is 4.44. The van der Waals surface area contributed by atoms with Crippen LogP contribution < -0.4 is 10.2 Å². The molecular formula is C23H21ClN2O2. The molecule has 0 saturated carbocycles. The van der Waals surface area contributed by atoms with Crippen molar-refractivity contribution in [3.05, 3.63) is 101 Å². The zero-order valence-electron chi connectivity index (χ0n) is 15.5. The Labute approximate surface area is 169 Å². The van der Waals surface area contributed by atoms with Gasteiger partial charge in [0.25, 0.3) is 5.91 Å². The monoisotopic (exact) mass is 392 g/mol. The number of nitrogens with one attached hydrogen (secondary N) is 1. The number of carbonyl (C=O) groups excluding carboxylic acids is 2. The first-order valence-corrected chi connectivity index (χ1v) is 9.35. The maximum absolute atomic E-state index is 13.4. The van der Waals surface area contributed by atoms with Crippen LogP contribution in [0.3, 0.4) is 0 Å². The Balaban J connectivity index is 1.92. The van der Waals surface area contributed by atoms with Crippen molar-refractivity contribution in [1.82, 2.24) is 5.32 Å². The van der Waals surface area contributed by atoms with Crippen LogP contribution in [0.4, 0.5) is 5.69 Å². The fourth-order valence-electron chi connectivity index (χ4n) is 2.97. The van der Waals surface area contributed by atoms with Crippen LogP contribution in [0, 0.1) is 0 Å². The van der Waals surface area contributed by atoms with Crippen molar-refractivity contribution >= 4 is 29.0 Å². The quantitative estimate of drug-likeness (QED) is 0.480. The second-order valence-electron chi connectivity index (χ2n) is 6.34. The summed E-state index contributed by atoms with van der Waals surface area (Å²) in [6.07, 6.45) is 0. The van der Waals surface area contributed by atoms with Gasteiger partial charge in [-0.1, -0.05) is 60.1 Å². The molecule has 1 unspecified atom stereocenters. The van der Waals surface area contributed by atoms with E-state index in [0.717, 1.165) is 11.3 Å². The molecule has 28 heavy (non-hydrogen) atoms. The molecule has 0 saturated heterocycles. The van der Waals surface area contributed by atoms with Gasteiger partial charge in [0, 0.05) is 16.3 Å². The average molecular weight is 393 g/mol. The number of hydrogen-bond donors (Lipinski definition) is 1. The Morgan fingerprint density at radius 1 is 0.893 bits per heavy atom. The molecule has 0 radical (unpaired) electrons. The summed E-state index contributed by atoms with van der Waals surface area (Å²) in [6.45, 7) is 0.371. The predicted octanol–water partition coefficient (Wildman–Crippen LogP) is 4.34. The number of ketones is 1. The number of hydrogen-bond acceptors (Lipinski definition) is 3. The number of carbonyl (C=O) groups is 2. The largest absolute Gasteiger partial charge is 0.306 e. The lowest BCUT2D eigenvalue weighted by Gasteiger charge is -2.27. The van der Waals surface area contributed by atoms with Gasteiger partial charge in [-0.15, -0.1) is 0 Å². The molecule has 1 atom stereocenters. The summed E-state index contributed by atoms with van der Waals surface area (Å²) in [5.74, 6) is -0.601. The molecule has 3 rings (SSSR count). The zero-order chi connectivity index (χ0) is 19.9. The van der Waals surface area contributed by atoms with E-state index in [4.69, 9.17) is 11.6 Å². The van der Waals surface area contributed by atoms with Crippen LogP contribution in [-0.4, -0.2) is 24.8 Å². The van der Waals surface area contributed by atoms with Crippen LogP contribution >= 0.6 is 11.6 Å². The van der Waals surface area contributed by atoms with E-state index in [2.05, 4.69) is 5.32 Å². The lowest BCUT2D eigenvalue weighted by molar-refractivity contribution is -0.119. The Morgan fingerprint density at radius 3 is 2.04 bits per heavy atom. The minimum absolute atomic E-state index is 0.293. The Hall–Kier alpha value is -2.95. The predicted molar refractivity (Wildman–Crippen MR) is 113 cm³/mol. The van der Waals surface area contributed by atoms with Crippen LogP contribution in [0.5, 0.6) is 0 Å². The number of para-hydroxylation sites is 1. The highest BCUT2D eigenvalue weighted by Crippen LogP contribution is 2.20. The maximum atomic E-state index is 13.4. The first kappa shape index (κ1) is 19.8. The number of halogens is 1. The number of benzene rings is 3. The summed E-state index contributed by atoms with van der Waals surface area (Å²) in [5.41, 5.74) is 2.15. The Kier molecular flexibility index (Phi) is 6.58. The number of rotatable bonds is 7. The van der Waals surface area contributed by atoms with Gasteiger partial charge in [-0.3, -0.25) is 9.59 Å². The Bertz CT molecular complexity index is 928. The fraction of sp³-hybridized carbons (Fsp3) is 0.130. The van der Waals surface area contributed by atoms with E-state index in [1.807, 2.05) is 60.7 Å². The summed E-state index contributed by atoms with van der Waals surface area (Å²) in [5, 5.41) is 3.42. The number of Topliss-reactive ketones (excluding diaryl/α,β-unsaturated/α-hetero) is 1. The molecule has 5 heteroatoms. The van der Waals surface area contributed by atoms with E-state index in [9.17, 15) is 9.59 Å². The molecule has 0 heterocycles. The molecule has 1 amide bonds. The number of nitrogens with zero attached hydrogens (tertiary/aromatic N) is 1. The van der Waals surface area contributed by atoms with Crippen LogP contribution in [0.1, 0.15) is 15.9 Å². The second-order valence-corrected chi connectivity index (χ2v) is 6.77. The summed E-state index contributed by atoms with van der Waals surface area (Å²) in [7, 11) is 1.61. The van der Waals surface area contributed by atoms with E-state index in [1.54, 1.807) is 36.2 Å². The molecule has 4 nitrogen and oxygen atoms in total. The van der Waals surface area contributed by atoms with E-state index < -0.39 is 6.04 Å². The minimum Gasteiger partial charge on any atom is -0.306 e. The second kappa shape index (κ2) is 9.31. The third-order valence-corrected chi connectivity index (χ3v) is 4.70. The van der Waals surface area contributed by atoms with Gasteiger partial charge in [-0.2, -0.15) is 0 Å². The fourth-order valence-corrected chi connectivity index (χ4v) is 3.10. The third kappa shape index (κ3) is 4.66. The highest BCUT2D eigenvalue weighted by Gasteiger charge is 2.31. The van der Waals surface area contributed by atoms with Crippen molar-refractivity contribution in [1.29, 1.82) is 0 Å². The lowest BCUT2D eigenvalue weighted by atomic mass is 10.0. The van der Waals surface area contributed by atoms with Crippen LogP contribution in [-0.2, 0) is 11.3 Å². The van der Waals surface area contributed by atoms with Crippen molar-refractivity contribution in [3.63, 3.8) is 0 Å². The summed E-state index contributed by atoms with van der Waals surface area (Å²) < 4.78 is 0. The lowest BCUT2D eigenvalue weighted by Crippen LogP contribution is -2.49. The SMILES string of the molecule is CNC(C(=O)c1ccc(Cl)cc1)C(=O)N(Cc1ccccc1)c1ccccc1. The molecule has 1 N–H and O–H groups in total. The van der Waals surface area contributed by atoms with Gasteiger partial charge in [0.15, 0.2) is 11.8 Å². The summed E-state index contributed by atoms with van der Waals surface area (Å²) >= 11 is 5.91. The molecule has 0 aromatic heterocycles. The molecule has 0 aliphatic heterocycles. The highest BCUT2D eigenvalue weighted by molar-refractivity contribution is 6.30. The van der Waals surface area contributed by atoms with Gasteiger partial charge in [-0.05, 0) is 49.0 Å². The van der Waals surface area contributed by atoms with Crippen molar-refractivity contribution in [2.24, 2.45) is 0 Å². The zero-order valence-corrected chi connectivity index (χ0v) is 16.3. The standard InChI is InChI=1S/C23H21ClN2O2/c1-25-21(22(27)18-12-14-19(24)15-13-18)23(28)26(20-10-6-3-7-11-20)16-17-8-4-2-5-9-17/h2-15,21,25H,16H2,1H3. The summed E-state index contributed by atoms with van der Waals surface area (Å²) in [6, 6.07) is 24.6. The van der Waals surface area contributed by atoms with Crippen LogP contribution in [0.25, 0.3) is 0 Å². The average Bonchev–Trinajstić information content (AvgIpc) is 2.74. The first-order valence-electron chi connectivity index (χ1n) is 8.97. The Morgan fingerprint density at radius 2 is 1.46 bits per heavy atom. The number of likely N-dealkylation sites (N-methyl/N-ethyl adjacent to an activating group) is 1. The van der Waals surface area contributed by atoms with E-state index in [0.29, 0.717) is 17.1 Å². The molecule has 3 aromatic carbocycles. The molecule has 0 spiro atoms. The topological polar surface area (TPSA) is 49.4 Å². The first-order chi connectivity index (χ1) is 13.6. The van der Waals surface area contributed by atoms with Gasteiger partial charge >= 0.3 is 0 Å². The molecule has 0 bridgehead atoms. The molecule has 0 aliphatic carbocycles. The van der Waals surface area contributed by atoms with Crippen molar-refractivity contribution < 1.29 is 9.59 Å². The summed E-state index contributed by atoms with van der Waals surface area (Å²) in [4.78, 5) is 28.0. The van der Waals surface area contributed by atoms with Crippen LogP contribution in [0.15, 0.2) is 84.9 Å². The smallest absolute Gasteiger partial charge is 0.252 e. The van der Waals surface area contributed by atoms with Gasteiger partial charge in [0.2, 0.25) is 0 Å². The number of anilines is 1. The van der Waals surface area contributed by atoms with Gasteiger partial charge in [0.1, 0.15) is 0 Å². The van der Waals surface area contributed by atoms with Crippen molar-refractivity contribution in [3.8, 4) is 0 Å². The maximum Gasteiger partial charge on any atom is 0.252 e. The minimum atomic E-state index is -0.995. The van der Waals surface area contributed by atoms with Crippen LogP contribution in [0.2, 0.25) is 5.02 Å². The van der Waals surface area contributed by atoms with Gasteiger partial charge < -0.3 is 10.2 Å². The van der Waals surface area contributed by atoms with Gasteiger partial charge in [-0.25, -0.2) is 0 Å².